The number of aryl methyl sites for hydroxylation is 1. The van der Waals surface area contributed by atoms with Crippen LogP contribution in [-0.2, 0) is 9.84 Å². The van der Waals surface area contributed by atoms with Crippen molar-refractivity contribution in [1.82, 2.24) is 9.80 Å². The number of amides is 1. The lowest BCUT2D eigenvalue weighted by Crippen LogP contribution is -2.52. The third-order valence-electron chi connectivity index (χ3n) is 3.96. The Morgan fingerprint density at radius 2 is 1.95 bits per heavy atom. The molecule has 1 aliphatic rings. The topological polar surface area (TPSA) is 57.7 Å². The summed E-state index contributed by atoms with van der Waals surface area (Å²) in [5.41, 5.74) is 1.29. The Morgan fingerprint density at radius 1 is 1.29 bits per heavy atom. The molecule has 0 unspecified atom stereocenters. The van der Waals surface area contributed by atoms with E-state index in [1.54, 1.807) is 12.1 Å². The summed E-state index contributed by atoms with van der Waals surface area (Å²) in [4.78, 5) is 16.9. The lowest BCUT2D eigenvalue weighted by atomic mass is 10.1. The van der Waals surface area contributed by atoms with Crippen molar-refractivity contribution in [2.75, 3.05) is 32.9 Å². The van der Waals surface area contributed by atoms with E-state index in [2.05, 4.69) is 4.90 Å². The molecule has 0 bridgehead atoms. The fourth-order valence-electron chi connectivity index (χ4n) is 2.66. The van der Waals surface area contributed by atoms with Crippen LogP contribution in [-0.4, -0.2) is 63.1 Å². The van der Waals surface area contributed by atoms with Crippen molar-refractivity contribution < 1.29 is 13.2 Å². The molecule has 1 aromatic rings. The van der Waals surface area contributed by atoms with Crippen molar-refractivity contribution in [3.63, 3.8) is 0 Å². The molecule has 1 fully saturated rings. The molecule has 6 heteroatoms. The molecule has 0 radical (unpaired) electrons. The van der Waals surface area contributed by atoms with Crippen LogP contribution in [0.2, 0.25) is 0 Å². The normalized spacial score (nSPS) is 20.6. The highest BCUT2D eigenvalue weighted by Gasteiger charge is 2.27. The predicted molar refractivity (Wildman–Crippen MR) is 82.3 cm³/mol. The van der Waals surface area contributed by atoms with E-state index in [0.29, 0.717) is 12.1 Å². The molecule has 0 saturated carbocycles. The minimum Gasteiger partial charge on any atom is -0.333 e. The Hall–Kier alpha value is -1.40. The average Bonchev–Trinajstić information content (AvgIpc) is 2.37. The van der Waals surface area contributed by atoms with Gasteiger partial charge in [-0.25, -0.2) is 8.42 Å². The van der Waals surface area contributed by atoms with Gasteiger partial charge in [-0.2, -0.15) is 0 Å². The molecule has 0 spiro atoms. The van der Waals surface area contributed by atoms with Crippen LogP contribution in [0.5, 0.6) is 0 Å². The number of carbonyl (C=O) groups is 1. The second-order valence-corrected chi connectivity index (χ2v) is 7.87. The van der Waals surface area contributed by atoms with E-state index in [1.165, 1.54) is 6.07 Å². The second-order valence-electron chi connectivity index (χ2n) is 5.86. The van der Waals surface area contributed by atoms with Crippen LogP contribution in [0.4, 0.5) is 0 Å². The van der Waals surface area contributed by atoms with E-state index in [1.807, 2.05) is 25.8 Å². The van der Waals surface area contributed by atoms with Gasteiger partial charge >= 0.3 is 0 Å². The zero-order valence-corrected chi connectivity index (χ0v) is 13.8. The summed E-state index contributed by atoms with van der Waals surface area (Å²) in [6.07, 6.45) is 1.16. The minimum absolute atomic E-state index is 0.0846. The molecular weight excluding hydrogens is 288 g/mol. The van der Waals surface area contributed by atoms with Crippen LogP contribution in [0.25, 0.3) is 0 Å². The van der Waals surface area contributed by atoms with Gasteiger partial charge in [-0.3, -0.25) is 4.79 Å². The van der Waals surface area contributed by atoms with Gasteiger partial charge < -0.3 is 9.80 Å². The van der Waals surface area contributed by atoms with Gasteiger partial charge in [0.25, 0.3) is 5.91 Å². The van der Waals surface area contributed by atoms with Crippen LogP contribution in [0.15, 0.2) is 23.1 Å². The molecule has 1 heterocycles. The quantitative estimate of drug-likeness (QED) is 0.823. The monoisotopic (exact) mass is 310 g/mol. The number of likely N-dealkylation sites (N-methyl/N-ethyl adjacent to an activating group) is 1. The standard InChI is InChI=1S/C15H22N2O3S/c1-11-5-6-13(21(4,19)20)9-14(11)15(18)17-8-7-16(3)10-12(17)2/h5-6,9,12H,7-8,10H2,1-4H3/t12-/m1/s1. The summed E-state index contributed by atoms with van der Waals surface area (Å²) >= 11 is 0. The number of sulfone groups is 1. The first-order valence-corrected chi connectivity index (χ1v) is 8.89. The number of carbonyl (C=O) groups excluding carboxylic acids is 1. The molecule has 1 saturated heterocycles. The van der Waals surface area contributed by atoms with Gasteiger partial charge in [0.2, 0.25) is 0 Å². The molecule has 0 aromatic heterocycles. The van der Waals surface area contributed by atoms with E-state index < -0.39 is 9.84 Å². The van der Waals surface area contributed by atoms with Gasteiger partial charge in [0.05, 0.1) is 4.90 Å². The molecule has 1 amide bonds. The summed E-state index contributed by atoms with van der Waals surface area (Å²) < 4.78 is 23.3. The maximum atomic E-state index is 12.7. The Kier molecular flexibility index (Phi) is 4.39. The zero-order chi connectivity index (χ0) is 15.8. The Balaban J connectivity index is 2.35. The SMILES string of the molecule is Cc1ccc(S(C)(=O)=O)cc1C(=O)N1CCN(C)C[C@H]1C. The van der Waals surface area contributed by atoms with Crippen LogP contribution in [0, 0.1) is 6.92 Å². The maximum absolute atomic E-state index is 12.7. The number of piperazine rings is 1. The number of hydrogen-bond donors (Lipinski definition) is 0. The van der Waals surface area contributed by atoms with Crippen molar-refractivity contribution in [2.24, 2.45) is 0 Å². The zero-order valence-electron chi connectivity index (χ0n) is 13.0. The van der Waals surface area contributed by atoms with Crippen LogP contribution in [0.3, 0.4) is 0 Å². The molecule has 2 rings (SSSR count). The number of benzene rings is 1. The Morgan fingerprint density at radius 3 is 2.52 bits per heavy atom. The summed E-state index contributed by atoms with van der Waals surface area (Å²) in [5.74, 6) is -0.0846. The van der Waals surface area contributed by atoms with Gasteiger partial charge in [0, 0.05) is 37.5 Å². The largest absolute Gasteiger partial charge is 0.333 e. The molecule has 5 nitrogen and oxygen atoms in total. The average molecular weight is 310 g/mol. The van der Waals surface area contributed by atoms with E-state index >= 15 is 0 Å². The van der Waals surface area contributed by atoms with Crippen LogP contribution in [0.1, 0.15) is 22.8 Å². The molecule has 116 valence electrons. The van der Waals surface area contributed by atoms with Gasteiger partial charge in [-0.05, 0) is 38.6 Å². The van der Waals surface area contributed by atoms with E-state index in [-0.39, 0.29) is 16.8 Å². The van der Waals surface area contributed by atoms with Crippen molar-refractivity contribution in [2.45, 2.75) is 24.8 Å². The van der Waals surface area contributed by atoms with Crippen molar-refractivity contribution in [3.05, 3.63) is 29.3 Å². The fraction of sp³-hybridized carbons (Fsp3) is 0.533. The molecule has 1 atom stereocenters. The number of rotatable bonds is 2. The molecule has 0 aliphatic carbocycles. The summed E-state index contributed by atoms with van der Waals surface area (Å²) in [6.45, 7) is 6.18. The highest BCUT2D eigenvalue weighted by molar-refractivity contribution is 7.90. The van der Waals surface area contributed by atoms with E-state index in [4.69, 9.17) is 0 Å². The van der Waals surface area contributed by atoms with Gasteiger partial charge in [0.15, 0.2) is 9.84 Å². The summed E-state index contributed by atoms with van der Waals surface area (Å²) in [7, 11) is -1.27. The second kappa shape index (κ2) is 5.77. The highest BCUT2D eigenvalue weighted by Crippen LogP contribution is 2.20. The predicted octanol–water partition coefficient (Wildman–Crippen LogP) is 1.17. The highest BCUT2D eigenvalue weighted by atomic mass is 32.2. The fourth-order valence-corrected chi connectivity index (χ4v) is 3.31. The van der Waals surface area contributed by atoms with E-state index in [9.17, 15) is 13.2 Å². The van der Waals surface area contributed by atoms with Crippen molar-refractivity contribution in [1.29, 1.82) is 0 Å². The first-order chi connectivity index (χ1) is 9.70. The summed E-state index contributed by atoms with van der Waals surface area (Å²) in [6, 6.07) is 4.87. The molecule has 1 aliphatic heterocycles. The van der Waals surface area contributed by atoms with Gasteiger partial charge in [0.1, 0.15) is 0 Å². The first-order valence-electron chi connectivity index (χ1n) is 7.00. The van der Waals surface area contributed by atoms with Crippen LogP contribution >= 0.6 is 0 Å². The lowest BCUT2D eigenvalue weighted by Gasteiger charge is -2.38. The Bertz CT molecular complexity index is 655. The lowest BCUT2D eigenvalue weighted by molar-refractivity contribution is 0.0532. The maximum Gasteiger partial charge on any atom is 0.254 e. The third-order valence-corrected chi connectivity index (χ3v) is 5.07. The molecule has 1 aromatic carbocycles. The van der Waals surface area contributed by atoms with Crippen molar-refractivity contribution >= 4 is 15.7 Å². The first kappa shape index (κ1) is 16.0. The van der Waals surface area contributed by atoms with E-state index in [0.717, 1.165) is 24.9 Å². The minimum atomic E-state index is -3.31. The van der Waals surface area contributed by atoms with Crippen LogP contribution < -0.4 is 0 Å². The third kappa shape index (κ3) is 3.44. The summed E-state index contributed by atoms with van der Waals surface area (Å²) in [5, 5.41) is 0. The number of nitrogens with zero attached hydrogens (tertiary/aromatic N) is 2. The van der Waals surface area contributed by atoms with Crippen molar-refractivity contribution in [3.8, 4) is 0 Å². The molecule has 21 heavy (non-hydrogen) atoms. The smallest absolute Gasteiger partial charge is 0.254 e. The van der Waals surface area contributed by atoms with Gasteiger partial charge in [-0.1, -0.05) is 6.07 Å². The van der Waals surface area contributed by atoms with Gasteiger partial charge in [-0.15, -0.1) is 0 Å². The number of hydrogen-bond acceptors (Lipinski definition) is 4. The molecular formula is C15H22N2O3S. The molecule has 0 N–H and O–H groups in total. The Labute approximate surface area is 126 Å².